The van der Waals surface area contributed by atoms with Gasteiger partial charge < -0.3 is 10.5 Å². The Kier molecular flexibility index (Phi) is 6.14. The predicted octanol–water partition coefficient (Wildman–Crippen LogP) is 5.75. The Labute approximate surface area is 170 Å². The van der Waals surface area contributed by atoms with Crippen molar-refractivity contribution in [3.63, 3.8) is 0 Å². The highest BCUT2D eigenvalue weighted by Gasteiger charge is 2.32. The number of hydrogen-bond donors (Lipinski definition) is 2. The molecule has 2 N–H and O–H groups in total. The molecular formula is C22H19F4N3O. The lowest BCUT2D eigenvalue weighted by Crippen LogP contribution is -2.15. The van der Waals surface area contributed by atoms with E-state index in [0.717, 1.165) is 18.3 Å². The van der Waals surface area contributed by atoms with Crippen LogP contribution in [0, 0.1) is 11.2 Å². The van der Waals surface area contributed by atoms with Gasteiger partial charge in [0.05, 0.1) is 17.3 Å². The Morgan fingerprint density at radius 2 is 1.93 bits per heavy atom. The maximum atomic E-state index is 14.8. The minimum atomic E-state index is -4.69. The van der Waals surface area contributed by atoms with Crippen LogP contribution in [0.5, 0.6) is 5.75 Å². The molecule has 0 saturated heterocycles. The van der Waals surface area contributed by atoms with E-state index in [1.54, 1.807) is 18.2 Å². The number of phenolic OH excluding ortho intramolecular Hbond substituents is 1. The monoisotopic (exact) mass is 417 g/mol. The van der Waals surface area contributed by atoms with Crippen LogP contribution in [0.25, 0.3) is 10.9 Å². The third-order valence-electron chi connectivity index (χ3n) is 4.63. The average molecular weight is 417 g/mol. The van der Waals surface area contributed by atoms with Crippen molar-refractivity contribution in [2.24, 2.45) is 4.99 Å². The fourth-order valence-corrected chi connectivity index (χ4v) is 3.14. The Morgan fingerprint density at radius 3 is 2.57 bits per heavy atom. The first-order valence-corrected chi connectivity index (χ1v) is 9.28. The van der Waals surface area contributed by atoms with Crippen molar-refractivity contribution in [2.75, 3.05) is 0 Å². The maximum absolute atomic E-state index is 14.8. The van der Waals surface area contributed by atoms with Gasteiger partial charge in [-0.3, -0.25) is 9.98 Å². The van der Waals surface area contributed by atoms with E-state index in [1.165, 1.54) is 12.3 Å². The Bertz CT molecular complexity index is 1110. The summed E-state index contributed by atoms with van der Waals surface area (Å²) in [4.78, 5) is 8.54. The van der Waals surface area contributed by atoms with Crippen LogP contribution in [0.15, 0.2) is 53.7 Å². The van der Waals surface area contributed by atoms with Gasteiger partial charge in [-0.05, 0) is 36.8 Å². The van der Waals surface area contributed by atoms with Crippen molar-refractivity contribution in [1.82, 2.24) is 4.98 Å². The minimum absolute atomic E-state index is 0.0340. The fourth-order valence-electron chi connectivity index (χ4n) is 3.14. The molecule has 1 unspecified atom stereocenters. The van der Waals surface area contributed by atoms with Crippen LogP contribution >= 0.6 is 0 Å². The number of halogens is 4. The second-order valence-corrected chi connectivity index (χ2v) is 6.73. The first-order chi connectivity index (χ1) is 14.3. The Hall–Kier alpha value is -3.29. The standard InChI is InChI=1S/C22H19F4N3O/c1-2-4-15(12-27)29-20(16-9-7-14(11-18(16)23)22(24,25)26)17-8-6-13-5-3-10-28-19(13)21(17)30/h3,5-12,15,27,30H,2,4H2,1H3. The second kappa shape index (κ2) is 8.61. The highest BCUT2D eigenvalue weighted by atomic mass is 19.4. The molecule has 0 spiro atoms. The molecule has 2 aromatic carbocycles. The highest BCUT2D eigenvalue weighted by Crippen LogP contribution is 2.33. The summed E-state index contributed by atoms with van der Waals surface area (Å²) >= 11 is 0. The van der Waals surface area contributed by atoms with Crippen LogP contribution in [0.1, 0.15) is 36.5 Å². The van der Waals surface area contributed by atoms with Crippen LogP contribution in [-0.2, 0) is 6.18 Å². The molecule has 0 aliphatic heterocycles. The lowest BCUT2D eigenvalue weighted by molar-refractivity contribution is -0.137. The molecule has 3 rings (SSSR count). The molecule has 1 atom stereocenters. The zero-order chi connectivity index (χ0) is 21.9. The summed E-state index contributed by atoms with van der Waals surface area (Å²) in [6, 6.07) is 8.15. The van der Waals surface area contributed by atoms with E-state index in [0.29, 0.717) is 24.3 Å². The molecule has 3 aromatic rings. The zero-order valence-electron chi connectivity index (χ0n) is 16.0. The molecule has 30 heavy (non-hydrogen) atoms. The number of aromatic nitrogens is 1. The largest absolute Gasteiger partial charge is 0.505 e. The van der Waals surface area contributed by atoms with Crippen molar-refractivity contribution < 1.29 is 22.7 Å². The van der Waals surface area contributed by atoms with E-state index in [1.807, 2.05) is 6.92 Å². The number of fused-ring (bicyclic) bond motifs is 1. The number of phenols is 1. The summed E-state index contributed by atoms with van der Waals surface area (Å²) in [5.74, 6) is -1.38. The number of aromatic hydroxyl groups is 1. The number of pyridine rings is 1. The van der Waals surface area contributed by atoms with Gasteiger partial charge in [0, 0.05) is 28.9 Å². The number of benzene rings is 2. The molecule has 0 fully saturated rings. The van der Waals surface area contributed by atoms with Gasteiger partial charge in [0.2, 0.25) is 0 Å². The number of aliphatic imine (C=N–C) groups is 1. The van der Waals surface area contributed by atoms with E-state index in [9.17, 15) is 22.7 Å². The first-order valence-electron chi connectivity index (χ1n) is 9.28. The molecule has 0 aliphatic carbocycles. The molecule has 1 heterocycles. The summed E-state index contributed by atoms with van der Waals surface area (Å²) in [6.07, 6.45) is -0.939. The van der Waals surface area contributed by atoms with Gasteiger partial charge in [-0.25, -0.2) is 4.39 Å². The van der Waals surface area contributed by atoms with E-state index in [4.69, 9.17) is 5.41 Å². The van der Waals surface area contributed by atoms with Gasteiger partial charge in [-0.2, -0.15) is 13.2 Å². The fraction of sp³-hybridized carbons (Fsp3) is 0.227. The zero-order valence-corrected chi connectivity index (χ0v) is 16.0. The Balaban J connectivity index is 2.24. The molecule has 8 heteroatoms. The highest BCUT2D eigenvalue weighted by molar-refractivity contribution is 6.17. The lowest BCUT2D eigenvalue weighted by Gasteiger charge is -2.16. The molecule has 156 valence electrons. The summed E-state index contributed by atoms with van der Waals surface area (Å²) < 4.78 is 53.6. The summed E-state index contributed by atoms with van der Waals surface area (Å²) in [7, 11) is 0. The third-order valence-corrected chi connectivity index (χ3v) is 4.63. The van der Waals surface area contributed by atoms with Gasteiger partial charge in [0.15, 0.2) is 5.75 Å². The van der Waals surface area contributed by atoms with Crippen molar-refractivity contribution in [2.45, 2.75) is 32.0 Å². The lowest BCUT2D eigenvalue weighted by atomic mass is 9.97. The molecule has 0 saturated carbocycles. The number of rotatable bonds is 6. The van der Waals surface area contributed by atoms with E-state index < -0.39 is 23.6 Å². The summed E-state index contributed by atoms with van der Waals surface area (Å²) in [5, 5.41) is 19.0. The summed E-state index contributed by atoms with van der Waals surface area (Å²) in [5.41, 5.74) is -0.964. The van der Waals surface area contributed by atoms with Gasteiger partial charge in [-0.15, -0.1) is 0 Å². The van der Waals surface area contributed by atoms with E-state index in [-0.39, 0.29) is 28.1 Å². The van der Waals surface area contributed by atoms with Gasteiger partial charge in [0.25, 0.3) is 0 Å². The van der Waals surface area contributed by atoms with Crippen LogP contribution in [0.4, 0.5) is 17.6 Å². The molecule has 0 radical (unpaired) electrons. The molecule has 4 nitrogen and oxygen atoms in total. The van der Waals surface area contributed by atoms with Gasteiger partial charge >= 0.3 is 6.18 Å². The molecule has 0 aliphatic rings. The topological polar surface area (TPSA) is 69.3 Å². The van der Waals surface area contributed by atoms with Gasteiger partial charge in [-0.1, -0.05) is 25.5 Å². The average Bonchev–Trinajstić information content (AvgIpc) is 2.71. The molecule has 0 amide bonds. The molecule has 0 bridgehead atoms. The number of hydrogen-bond acceptors (Lipinski definition) is 4. The third kappa shape index (κ3) is 4.32. The van der Waals surface area contributed by atoms with Crippen LogP contribution in [0.3, 0.4) is 0 Å². The maximum Gasteiger partial charge on any atom is 0.416 e. The Morgan fingerprint density at radius 1 is 1.20 bits per heavy atom. The first kappa shape index (κ1) is 21.4. The van der Waals surface area contributed by atoms with E-state index >= 15 is 0 Å². The SMILES string of the molecule is CCCC(C=N)N=C(c1ccc(C(F)(F)F)cc1F)c1ccc2cccnc2c1O. The van der Waals surface area contributed by atoms with Crippen molar-refractivity contribution in [1.29, 1.82) is 5.41 Å². The quantitative estimate of drug-likeness (QED) is 0.396. The van der Waals surface area contributed by atoms with Crippen LogP contribution < -0.4 is 0 Å². The van der Waals surface area contributed by atoms with Crippen molar-refractivity contribution in [3.05, 3.63) is 71.2 Å². The molecular weight excluding hydrogens is 398 g/mol. The minimum Gasteiger partial charge on any atom is -0.505 e. The second-order valence-electron chi connectivity index (χ2n) is 6.73. The van der Waals surface area contributed by atoms with Crippen molar-refractivity contribution >= 4 is 22.8 Å². The normalized spacial score (nSPS) is 13.4. The van der Waals surface area contributed by atoms with Crippen molar-refractivity contribution in [3.8, 4) is 5.75 Å². The van der Waals surface area contributed by atoms with Crippen LogP contribution in [-0.4, -0.2) is 28.1 Å². The number of alkyl halides is 3. The summed E-state index contributed by atoms with van der Waals surface area (Å²) in [6.45, 7) is 1.89. The number of nitrogens with zero attached hydrogens (tertiary/aromatic N) is 2. The smallest absolute Gasteiger partial charge is 0.416 e. The van der Waals surface area contributed by atoms with Crippen LogP contribution in [0.2, 0.25) is 0 Å². The van der Waals surface area contributed by atoms with Gasteiger partial charge in [0.1, 0.15) is 11.3 Å². The van der Waals surface area contributed by atoms with E-state index in [2.05, 4.69) is 9.98 Å². The molecule has 1 aromatic heterocycles. The predicted molar refractivity (Wildman–Crippen MR) is 108 cm³/mol. The number of nitrogens with one attached hydrogen (secondary N) is 1.